The molecule has 4 aromatic rings. The van der Waals surface area contributed by atoms with E-state index in [1.54, 1.807) is 29.2 Å². The van der Waals surface area contributed by atoms with Crippen LogP contribution in [0.1, 0.15) is 59.2 Å². The first-order chi connectivity index (χ1) is 16.0. The lowest BCUT2D eigenvalue weighted by Crippen LogP contribution is -2.10. The van der Waals surface area contributed by atoms with Crippen molar-refractivity contribution in [1.29, 1.82) is 0 Å². The monoisotopic (exact) mass is 443 g/mol. The number of carbonyl (C=O) groups excluding carboxylic acids is 1. The van der Waals surface area contributed by atoms with Gasteiger partial charge in [0, 0.05) is 6.20 Å². The van der Waals surface area contributed by atoms with Gasteiger partial charge in [-0.05, 0) is 60.2 Å². The van der Waals surface area contributed by atoms with Crippen molar-refractivity contribution in [1.82, 2.24) is 9.78 Å². The van der Waals surface area contributed by atoms with E-state index in [0.29, 0.717) is 23.9 Å². The molecule has 6 heteroatoms. The number of aromatic nitrogens is 2. The summed E-state index contributed by atoms with van der Waals surface area (Å²) in [5.74, 6) is 1.79. The van der Waals surface area contributed by atoms with Gasteiger partial charge in [0.15, 0.2) is 5.76 Å². The Labute approximate surface area is 194 Å². The Hall–Kier alpha value is -3.80. The number of nitrogens with one attached hydrogen (secondary N) is 1. The van der Waals surface area contributed by atoms with E-state index in [0.717, 1.165) is 12.2 Å². The van der Waals surface area contributed by atoms with Crippen molar-refractivity contribution < 1.29 is 13.9 Å². The summed E-state index contributed by atoms with van der Waals surface area (Å²) in [6.45, 7) is 7.35. The summed E-state index contributed by atoms with van der Waals surface area (Å²) >= 11 is 0. The zero-order chi connectivity index (χ0) is 23.2. The van der Waals surface area contributed by atoms with E-state index in [4.69, 9.17) is 9.15 Å². The van der Waals surface area contributed by atoms with Gasteiger partial charge < -0.3 is 14.5 Å². The SMILES string of the molecule is CCC(C)c1ccc(OCc2ccc(C(=O)Nc3cnn(Cc4ccccc4C)c3)o2)cc1. The van der Waals surface area contributed by atoms with Crippen molar-refractivity contribution in [3.05, 3.63) is 101 Å². The Morgan fingerprint density at radius 2 is 1.91 bits per heavy atom. The molecule has 0 spiro atoms. The van der Waals surface area contributed by atoms with Crippen molar-refractivity contribution >= 4 is 11.6 Å². The minimum Gasteiger partial charge on any atom is -0.486 e. The number of carbonyl (C=O) groups is 1. The Morgan fingerprint density at radius 3 is 2.67 bits per heavy atom. The standard InChI is InChI=1S/C27H29N3O3/c1-4-19(2)21-9-11-24(12-10-21)32-18-25-13-14-26(33-25)27(31)29-23-15-28-30(17-23)16-22-8-6-5-7-20(22)3/h5-15,17,19H,4,16,18H2,1-3H3,(H,29,31). The van der Waals surface area contributed by atoms with E-state index in [9.17, 15) is 4.79 Å². The summed E-state index contributed by atoms with van der Waals surface area (Å²) in [7, 11) is 0. The minimum absolute atomic E-state index is 0.229. The molecule has 0 saturated carbocycles. The molecule has 0 bridgehead atoms. The summed E-state index contributed by atoms with van der Waals surface area (Å²) < 4.78 is 13.3. The summed E-state index contributed by atoms with van der Waals surface area (Å²) in [5.41, 5.74) is 4.30. The smallest absolute Gasteiger partial charge is 0.291 e. The summed E-state index contributed by atoms with van der Waals surface area (Å²) in [4.78, 5) is 12.6. The zero-order valence-corrected chi connectivity index (χ0v) is 19.2. The Kier molecular flexibility index (Phi) is 6.93. The molecule has 4 rings (SSSR count). The van der Waals surface area contributed by atoms with Gasteiger partial charge in [-0.15, -0.1) is 0 Å². The number of anilines is 1. The normalized spacial score (nSPS) is 11.8. The highest BCUT2D eigenvalue weighted by Crippen LogP contribution is 2.22. The van der Waals surface area contributed by atoms with Crippen molar-refractivity contribution in [2.24, 2.45) is 0 Å². The lowest BCUT2D eigenvalue weighted by Gasteiger charge is -2.10. The second-order valence-corrected chi connectivity index (χ2v) is 8.24. The number of furan rings is 1. The highest BCUT2D eigenvalue weighted by molar-refractivity contribution is 6.02. The largest absolute Gasteiger partial charge is 0.486 e. The third-order valence-corrected chi connectivity index (χ3v) is 5.81. The first-order valence-electron chi connectivity index (χ1n) is 11.2. The van der Waals surface area contributed by atoms with Crippen molar-refractivity contribution in [2.75, 3.05) is 5.32 Å². The summed E-state index contributed by atoms with van der Waals surface area (Å²) in [5, 5.41) is 7.17. The molecule has 2 aromatic heterocycles. The number of aryl methyl sites for hydroxylation is 1. The number of hydrogen-bond donors (Lipinski definition) is 1. The minimum atomic E-state index is -0.324. The van der Waals surface area contributed by atoms with Crippen LogP contribution in [-0.4, -0.2) is 15.7 Å². The molecule has 0 aliphatic heterocycles. The molecule has 1 atom stereocenters. The lowest BCUT2D eigenvalue weighted by molar-refractivity contribution is 0.0992. The van der Waals surface area contributed by atoms with E-state index in [2.05, 4.69) is 55.5 Å². The molecular weight excluding hydrogens is 414 g/mol. The quantitative estimate of drug-likeness (QED) is 0.335. The van der Waals surface area contributed by atoms with E-state index in [1.165, 1.54) is 16.7 Å². The van der Waals surface area contributed by atoms with E-state index in [-0.39, 0.29) is 18.3 Å². The molecular formula is C27H29N3O3. The fraction of sp³-hybridized carbons (Fsp3) is 0.259. The molecule has 2 heterocycles. The number of rotatable bonds is 9. The molecule has 1 amide bonds. The Balaban J connectivity index is 1.31. The predicted molar refractivity (Wildman–Crippen MR) is 129 cm³/mol. The molecule has 6 nitrogen and oxygen atoms in total. The number of amides is 1. The molecule has 0 aliphatic carbocycles. The van der Waals surface area contributed by atoms with Gasteiger partial charge in [0.25, 0.3) is 5.91 Å². The van der Waals surface area contributed by atoms with Crippen molar-refractivity contribution in [2.45, 2.75) is 46.3 Å². The average Bonchev–Trinajstić information content (AvgIpc) is 3.49. The van der Waals surface area contributed by atoms with E-state index < -0.39 is 0 Å². The van der Waals surface area contributed by atoms with Crippen LogP contribution in [0.5, 0.6) is 5.75 Å². The van der Waals surface area contributed by atoms with Crippen LogP contribution in [0.15, 0.2) is 77.5 Å². The topological polar surface area (TPSA) is 69.3 Å². The molecule has 0 aliphatic rings. The Morgan fingerprint density at radius 1 is 1.12 bits per heavy atom. The van der Waals surface area contributed by atoms with Gasteiger partial charge in [0.2, 0.25) is 0 Å². The molecule has 33 heavy (non-hydrogen) atoms. The van der Waals surface area contributed by atoms with Gasteiger partial charge in [-0.1, -0.05) is 50.2 Å². The predicted octanol–water partition coefficient (Wildman–Crippen LogP) is 6.18. The maximum absolute atomic E-state index is 12.6. The third kappa shape index (κ3) is 5.71. The number of nitrogens with zero attached hydrogens (tertiary/aromatic N) is 2. The van der Waals surface area contributed by atoms with Crippen LogP contribution in [-0.2, 0) is 13.2 Å². The van der Waals surface area contributed by atoms with Gasteiger partial charge in [-0.3, -0.25) is 9.48 Å². The van der Waals surface area contributed by atoms with Gasteiger partial charge in [-0.2, -0.15) is 5.10 Å². The second-order valence-electron chi connectivity index (χ2n) is 8.24. The molecule has 0 saturated heterocycles. The average molecular weight is 444 g/mol. The summed E-state index contributed by atoms with van der Waals surface area (Å²) in [6.07, 6.45) is 4.54. The van der Waals surface area contributed by atoms with E-state index in [1.807, 2.05) is 24.3 Å². The van der Waals surface area contributed by atoms with Crippen LogP contribution >= 0.6 is 0 Å². The molecule has 0 radical (unpaired) electrons. The number of ether oxygens (including phenoxy) is 1. The maximum Gasteiger partial charge on any atom is 0.291 e. The molecule has 2 aromatic carbocycles. The molecule has 170 valence electrons. The first kappa shape index (κ1) is 22.4. The fourth-order valence-corrected chi connectivity index (χ4v) is 3.53. The fourth-order valence-electron chi connectivity index (χ4n) is 3.53. The number of benzene rings is 2. The van der Waals surface area contributed by atoms with Crippen molar-refractivity contribution in [3.8, 4) is 5.75 Å². The third-order valence-electron chi connectivity index (χ3n) is 5.81. The molecule has 1 N–H and O–H groups in total. The van der Waals surface area contributed by atoms with Crippen LogP contribution < -0.4 is 10.1 Å². The number of hydrogen-bond acceptors (Lipinski definition) is 4. The molecule has 1 unspecified atom stereocenters. The highest BCUT2D eigenvalue weighted by atomic mass is 16.5. The van der Waals surface area contributed by atoms with Crippen molar-refractivity contribution in [3.63, 3.8) is 0 Å². The van der Waals surface area contributed by atoms with E-state index >= 15 is 0 Å². The Bertz CT molecular complexity index is 1210. The second kappa shape index (κ2) is 10.2. The summed E-state index contributed by atoms with van der Waals surface area (Å²) in [6, 6.07) is 19.7. The van der Waals surface area contributed by atoms with Crippen LogP contribution in [0.25, 0.3) is 0 Å². The lowest BCUT2D eigenvalue weighted by atomic mass is 9.99. The van der Waals surface area contributed by atoms with Crippen LogP contribution in [0.2, 0.25) is 0 Å². The van der Waals surface area contributed by atoms with Gasteiger partial charge in [-0.25, -0.2) is 0 Å². The highest BCUT2D eigenvalue weighted by Gasteiger charge is 2.13. The maximum atomic E-state index is 12.6. The van der Waals surface area contributed by atoms with Gasteiger partial charge in [0.1, 0.15) is 18.1 Å². The van der Waals surface area contributed by atoms with Crippen LogP contribution in [0.4, 0.5) is 5.69 Å². The zero-order valence-electron chi connectivity index (χ0n) is 19.2. The van der Waals surface area contributed by atoms with Gasteiger partial charge in [0.05, 0.1) is 18.4 Å². The van der Waals surface area contributed by atoms with Crippen LogP contribution in [0.3, 0.4) is 0 Å². The van der Waals surface area contributed by atoms with Crippen LogP contribution in [0, 0.1) is 6.92 Å². The van der Waals surface area contributed by atoms with Gasteiger partial charge >= 0.3 is 0 Å². The first-order valence-corrected chi connectivity index (χ1v) is 11.2. The molecule has 0 fully saturated rings.